The lowest BCUT2D eigenvalue weighted by atomic mass is 10.1. The molecule has 1 aliphatic rings. The number of rotatable bonds is 2. The molecular weight excluding hydrogens is 206 g/mol. The summed E-state index contributed by atoms with van der Waals surface area (Å²) in [4.78, 5) is 13.6. The van der Waals surface area contributed by atoms with Crippen molar-refractivity contribution in [3.05, 3.63) is 6.23 Å². The van der Waals surface area contributed by atoms with Gasteiger partial charge in [-0.25, -0.2) is 4.79 Å². The van der Waals surface area contributed by atoms with Gasteiger partial charge in [-0.05, 0) is 40.2 Å². The van der Waals surface area contributed by atoms with Crippen molar-refractivity contribution in [2.45, 2.75) is 52.6 Å². The molecule has 0 spiro atoms. The summed E-state index contributed by atoms with van der Waals surface area (Å²) in [7, 11) is 0. The molecule has 4 heteroatoms. The molecular formula is C12H22NO3. The lowest BCUT2D eigenvalue weighted by Gasteiger charge is -2.32. The van der Waals surface area contributed by atoms with E-state index in [-0.39, 0.29) is 0 Å². The summed E-state index contributed by atoms with van der Waals surface area (Å²) in [5, 5.41) is 0. The van der Waals surface area contributed by atoms with Crippen LogP contribution in [0.3, 0.4) is 0 Å². The van der Waals surface area contributed by atoms with Gasteiger partial charge in [-0.2, -0.15) is 0 Å². The summed E-state index contributed by atoms with van der Waals surface area (Å²) in [5.41, 5.74) is -0.497. The molecule has 0 saturated carbocycles. The van der Waals surface area contributed by atoms with Gasteiger partial charge in [-0.3, -0.25) is 4.90 Å². The summed E-state index contributed by atoms with van der Waals surface area (Å²) in [6.45, 7) is 9.39. The van der Waals surface area contributed by atoms with Gasteiger partial charge in [-0.1, -0.05) is 6.92 Å². The maximum absolute atomic E-state index is 11.5. The Labute approximate surface area is 97.9 Å². The maximum atomic E-state index is 11.5. The molecule has 0 aliphatic carbocycles. The van der Waals surface area contributed by atoms with E-state index < -0.39 is 11.8 Å². The summed E-state index contributed by atoms with van der Waals surface area (Å²) in [6.07, 6.45) is 3.22. The fourth-order valence-electron chi connectivity index (χ4n) is 1.68. The monoisotopic (exact) mass is 228 g/mol. The van der Waals surface area contributed by atoms with Gasteiger partial charge in [-0.15, -0.1) is 0 Å². The third kappa shape index (κ3) is 4.39. The zero-order valence-electron chi connectivity index (χ0n) is 10.7. The normalized spacial score (nSPS) is 19.5. The van der Waals surface area contributed by atoms with Crippen molar-refractivity contribution in [1.82, 2.24) is 4.90 Å². The standard InChI is InChI=1S/C12H22NO3/c1-5-13-9-7-6-8-10(13)15-11(14)16-12(2,3)4/h5-9H2,1-4H3. The van der Waals surface area contributed by atoms with Gasteiger partial charge in [0.25, 0.3) is 0 Å². The van der Waals surface area contributed by atoms with Gasteiger partial charge in [0.15, 0.2) is 0 Å². The molecule has 0 amide bonds. The molecule has 1 saturated heterocycles. The molecule has 1 radical (unpaired) electrons. The van der Waals surface area contributed by atoms with E-state index in [9.17, 15) is 4.79 Å². The highest BCUT2D eigenvalue weighted by Gasteiger charge is 2.28. The van der Waals surface area contributed by atoms with E-state index in [1.165, 1.54) is 0 Å². The third-order valence-electron chi connectivity index (χ3n) is 2.39. The number of carbonyl (C=O) groups is 1. The number of piperidine rings is 1. The summed E-state index contributed by atoms with van der Waals surface area (Å²) in [6, 6.07) is 0. The molecule has 0 bridgehead atoms. The first-order valence-corrected chi connectivity index (χ1v) is 5.94. The minimum absolute atomic E-state index is 0.497. The Morgan fingerprint density at radius 1 is 1.38 bits per heavy atom. The van der Waals surface area contributed by atoms with Crippen molar-refractivity contribution >= 4 is 6.16 Å². The molecule has 93 valence electrons. The summed E-state index contributed by atoms with van der Waals surface area (Å²) in [5.74, 6) is 0. The van der Waals surface area contributed by atoms with E-state index in [4.69, 9.17) is 9.47 Å². The minimum Gasteiger partial charge on any atom is -0.429 e. The van der Waals surface area contributed by atoms with Gasteiger partial charge in [0.2, 0.25) is 6.23 Å². The first-order chi connectivity index (χ1) is 7.42. The van der Waals surface area contributed by atoms with E-state index in [1.54, 1.807) is 0 Å². The van der Waals surface area contributed by atoms with Crippen LogP contribution in [0.15, 0.2) is 0 Å². The van der Waals surface area contributed by atoms with Crippen LogP contribution in [0.5, 0.6) is 0 Å². The molecule has 0 N–H and O–H groups in total. The Balaban J connectivity index is 2.42. The van der Waals surface area contributed by atoms with Gasteiger partial charge in [0.1, 0.15) is 5.60 Å². The van der Waals surface area contributed by atoms with Crippen LogP contribution in [0.4, 0.5) is 4.79 Å². The average Bonchev–Trinajstić information content (AvgIpc) is 2.15. The Morgan fingerprint density at radius 3 is 2.62 bits per heavy atom. The molecule has 16 heavy (non-hydrogen) atoms. The largest absolute Gasteiger partial charge is 0.510 e. The number of nitrogens with zero attached hydrogens (tertiary/aromatic N) is 1. The first-order valence-electron chi connectivity index (χ1n) is 5.94. The smallest absolute Gasteiger partial charge is 0.429 e. The molecule has 0 aromatic carbocycles. The van der Waals surface area contributed by atoms with E-state index >= 15 is 0 Å². The van der Waals surface area contributed by atoms with Crippen molar-refractivity contribution in [1.29, 1.82) is 0 Å². The quantitative estimate of drug-likeness (QED) is 0.681. The Morgan fingerprint density at radius 2 is 2.06 bits per heavy atom. The molecule has 1 fully saturated rings. The molecule has 4 nitrogen and oxygen atoms in total. The maximum Gasteiger partial charge on any atom is 0.510 e. The number of likely N-dealkylation sites (tertiary alicyclic amines) is 1. The zero-order valence-corrected chi connectivity index (χ0v) is 10.7. The van der Waals surface area contributed by atoms with Crippen molar-refractivity contribution in [2.24, 2.45) is 0 Å². The zero-order chi connectivity index (χ0) is 12.2. The Kier molecular flexibility index (Phi) is 4.59. The number of hydrogen-bond acceptors (Lipinski definition) is 4. The fourth-order valence-corrected chi connectivity index (χ4v) is 1.68. The number of hydrogen-bond donors (Lipinski definition) is 0. The highest BCUT2D eigenvalue weighted by Crippen LogP contribution is 2.25. The lowest BCUT2D eigenvalue weighted by Crippen LogP contribution is -2.37. The molecule has 0 aromatic heterocycles. The SMILES string of the molecule is CCN1CCCC[C]1OC(=O)OC(C)(C)C. The van der Waals surface area contributed by atoms with Crippen LogP contribution in [0, 0.1) is 6.23 Å². The topological polar surface area (TPSA) is 38.8 Å². The molecule has 1 rings (SSSR count). The van der Waals surface area contributed by atoms with Crippen molar-refractivity contribution in [3.63, 3.8) is 0 Å². The molecule has 1 heterocycles. The van der Waals surface area contributed by atoms with Crippen molar-refractivity contribution in [2.75, 3.05) is 13.1 Å². The first kappa shape index (κ1) is 13.3. The second-order valence-electron chi connectivity index (χ2n) is 5.00. The van der Waals surface area contributed by atoms with E-state index in [0.717, 1.165) is 38.6 Å². The number of carbonyl (C=O) groups excluding carboxylic acids is 1. The second-order valence-corrected chi connectivity index (χ2v) is 5.00. The second kappa shape index (κ2) is 5.53. The average molecular weight is 228 g/mol. The highest BCUT2D eigenvalue weighted by atomic mass is 16.7. The molecule has 0 unspecified atom stereocenters. The fraction of sp³-hybridized carbons (Fsp3) is 0.833. The van der Waals surface area contributed by atoms with Crippen LogP contribution in [0.1, 0.15) is 47.0 Å². The predicted molar refractivity (Wildman–Crippen MR) is 61.7 cm³/mol. The summed E-state index contributed by atoms with van der Waals surface area (Å²) >= 11 is 0. The predicted octanol–water partition coefficient (Wildman–Crippen LogP) is 2.93. The molecule has 0 aromatic rings. The van der Waals surface area contributed by atoms with E-state index in [1.807, 2.05) is 20.8 Å². The van der Waals surface area contributed by atoms with Crippen LogP contribution < -0.4 is 0 Å². The van der Waals surface area contributed by atoms with Crippen LogP contribution in [0.2, 0.25) is 0 Å². The molecule has 0 atom stereocenters. The summed E-state index contributed by atoms with van der Waals surface area (Å²) < 4.78 is 10.4. The van der Waals surface area contributed by atoms with E-state index in [0.29, 0.717) is 0 Å². The lowest BCUT2D eigenvalue weighted by molar-refractivity contribution is -0.0342. The van der Waals surface area contributed by atoms with Gasteiger partial charge in [0.05, 0.1) is 0 Å². The third-order valence-corrected chi connectivity index (χ3v) is 2.39. The van der Waals surface area contributed by atoms with Crippen LogP contribution in [-0.4, -0.2) is 29.7 Å². The number of ether oxygens (including phenoxy) is 2. The van der Waals surface area contributed by atoms with Crippen molar-refractivity contribution in [3.8, 4) is 0 Å². The van der Waals surface area contributed by atoms with Gasteiger partial charge >= 0.3 is 6.16 Å². The van der Waals surface area contributed by atoms with Gasteiger partial charge in [0, 0.05) is 13.0 Å². The molecule has 1 aliphatic heterocycles. The van der Waals surface area contributed by atoms with Crippen molar-refractivity contribution < 1.29 is 14.3 Å². The Bertz CT molecular complexity index is 235. The van der Waals surface area contributed by atoms with E-state index in [2.05, 4.69) is 11.8 Å². The van der Waals surface area contributed by atoms with Crippen LogP contribution in [0.25, 0.3) is 0 Å². The highest BCUT2D eigenvalue weighted by molar-refractivity contribution is 5.61. The minimum atomic E-state index is -0.595. The Hall–Kier alpha value is -0.770. The van der Waals surface area contributed by atoms with Crippen LogP contribution >= 0.6 is 0 Å². The van der Waals surface area contributed by atoms with Crippen LogP contribution in [-0.2, 0) is 9.47 Å². The van der Waals surface area contributed by atoms with Gasteiger partial charge < -0.3 is 9.47 Å².